The molecule has 4 aromatic rings. The fourth-order valence-corrected chi connectivity index (χ4v) is 6.37. The van der Waals surface area contributed by atoms with Crippen LogP contribution in [0.25, 0.3) is 0 Å². The largest absolute Gasteiger partial charge is 0.383 e. The Balaban J connectivity index is 1.14. The molecule has 2 atom stereocenters. The topological polar surface area (TPSA) is 251 Å². The third kappa shape index (κ3) is 10.6. The van der Waals surface area contributed by atoms with Gasteiger partial charge in [-0.05, 0) is 74.7 Å². The number of rotatable bonds is 16. The summed E-state index contributed by atoms with van der Waals surface area (Å²) in [6.45, 7) is 3.95. The van der Waals surface area contributed by atoms with Crippen LogP contribution in [-0.4, -0.2) is 81.7 Å². The monoisotopic (exact) mass is 826 g/mol. The predicted molar refractivity (Wildman–Crippen MR) is 227 cm³/mol. The van der Waals surface area contributed by atoms with E-state index < -0.39 is 21.9 Å². The second-order valence-corrected chi connectivity index (χ2v) is 13.6. The maximum Gasteiger partial charge on any atom is 0.269 e. The molecule has 2 amide bonds. The number of non-ortho nitro benzene ring substituents is 2. The number of carbonyl (C=O) groups excluding carboxylic acids is 4. The second-order valence-electron chi connectivity index (χ2n) is 12.8. The Morgan fingerprint density at radius 2 is 0.948 bits per heavy atom. The highest BCUT2D eigenvalue weighted by atomic mass is 32.1. The summed E-state index contributed by atoms with van der Waals surface area (Å²) < 4.78 is 0. The van der Waals surface area contributed by atoms with Gasteiger partial charge in [-0.2, -0.15) is 0 Å². The molecule has 18 nitrogen and oxygen atoms in total. The highest BCUT2D eigenvalue weighted by Gasteiger charge is 2.34. The van der Waals surface area contributed by atoms with Gasteiger partial charge >= 0.3 is 0 Å². The normalized spacial score (nSPS) is 12.4. The summed E-state index contributed by atoms with van der Waals surface area (Å²) in [4.78, 5) is 74.0. The molecule has 20 heteroatoms. The van der Waals surface area contributed by atoms with Gasteiger partial charge in [0.1, 0.15) is 12.1 Å². The van der Waals surface area contributed by atoms with Crippen LogP contribution in [-0.2, 0) is 9.59 Å². The average Bonchev–Trinajstić information content (AvgIpc) is 3.20. The number of fused-ring (bicyclic) bond motifs is 2. The van der Waals surface area contributed by atoms with E-state index in [-0.39, 0.29) is 93.4 Å². The van der Waals surface area contributed by atoms with Crippen LogP contribution in [0.2, 0.25) is 0 Å². The smallest absolute Gasteiger partial charge is 0.269 e. The van der Waals surface area contributed by atoms with Gasteiger partial charge in [-0.3, -0.25) is 39.4 Å². The van der Waals surface area contributed by atoms with Gasteiger partial charge in [-0.15, -0.1) is 0 Å². The van der Waals surface area contributed by atoms with Gasteiger partial charge in [0, 0.05) is 84.3 Å². The van der Waals surface area contributed by atoms with E-state index in [0.717, 1.165) is 0 Å². The number of hydrogen-bond acceptors (Lipinski definition) is 12. The molecule has 58 heavy (non-hydrogen) atoms. The number of nitro groups is 2. The summed E-state index contributed by atoms with van der Waals surface area (Å²) >= 11 is 10.5. The van der Waals surface area contributed by atoms with Crippen LogP contribution in [0.3, 0.4) is 0 Å². The van der Waals surface area contributed by atoms with Crippen LogP contribution in [0.4, 0.5) is 34.1 Å². The summed E-state index contributed by atoms with van der Waals surface area (Å²) in [7, 11) is 0. The zero-order valence-electron chi connectivity index (χ0n) is 31.0. The number of ketones is 2. The van der Waals surface area contributed by atoms with Gasteiger partial charge in [0.2, 0.25) is 11.8 Å². The highest BCUT2D eigenvalue weighted by molar-refractivity contribution is 7.80. The molecular formula is C38H38N10O8S2. The number of anilines is 4. The maximum atomic E-state index is 13.8. The van der Waals surface area contributed by atoms with Crippen molar-refractivity contribution in [1.29, 1.82) is 0 Å². The molecule has 0 aromatic heterocycles. The molecule has 5 rings (SSSR count). The van der Waals surface area contributed by atoms with Crippen LogP contribution in [0, 0.1) is 20.2 Å². The summed E-state index contributed by atoms with van der Waals surface area (Å²) in [6, 6.07) is 19.7. The van der Waals surface area contributed by atoms with Crippen LogP contribution in [0.15, 0.2) is 84.9 Å². The Bertz CT molecular complexity index is 2110. The Morgan fingerprint density at radius 3 is 1.29 bits per heavy atom. The fourth-order valence-electron chi connectivity index (χ4n) is 5.78. The standard InChI is InChI=1S/C38H38N10O8S2/c1-21(43-37(57)45-23-7-11-25(12-8-23)47(53)54)35(51)41-19-17-39-29-15-16-30(32-31(29)33(49)27-5-3-4-6-28(27)34(32)50)40-18-20-42-36(52)22(2)44-38(58)46-24-9-13-26(14-10-24)48(55)56/h3-16,21-22,39-40H,17-20H2,1-2H3,(H,41,51)(H,42,52)(H2,43,45,57)(H2,44,46,58)/t21-,22-/m0/s1. The van der Waals surface area contributed by atoms with E-state index in [2.05, 4.69) is 42.5 Å². The van der Waals surface area contributed by atoms with Crippen LogP contribution in [0.5, 0.6) is 0 Å². The average molecular weight is 827 g/mol. The van der Waals surface area contributed by atoms with Crippen molar-refractivity contribution in [1.82, 2.24) is 21.3 Å². The van der Waals surface area contributed by atoms with Crippen molar-refractivity contribution in [3.05, 3.63) is 127 Å². The highest BCUT2D eigenvalue weighted by Crippen LogP contribution is 2.36. The number of nitrogens with zero attached hydrogens (tertiary/aromatic N) is 2. The third-order valence-corrected chi connectivity index (χ3v) is 9.15. The number of carbonyl (C=O) groups is 4. The Kier molecular flexibility index (Phi) is 13.9. The van der Waals surface area contributed by atoms with Gasteiger partial charge in [-0.1, -0.05) is 24.3 Å². The molecule has 8 N–H and O–H groups in total. The van der Waals surface area contributed by atoms with E-state index in [9.17, 15) is 39.4 Å². The zero-order valence-corrected chi connectivity index (χ0v) is 32.7. The lowest BCUT2D eigenvalue weighted by molar-refractivity contribution is -0.385. The molecule has 4 aromatic carbocycles. The number of nitro benzene ring substituents is 2. The number of amides is 2. The fraction of sp³-hybridized carbons (Fsp3) is 0.211. The Labute approximate surface area is 342 Å². The Morgan fingerprint density at radius 1 is 0.586 bits per heavy atom. The molecule has 0 radical (unpaired) electrons. The quantitative estimate of drug-likeness (QED) is 0.0302. The first-order chi connectivity index (χ1) is 27.7. The zero-order chi connectivity index (χ0) is 41.9. The molecule has 0 fully saturated rings. The third-order valence-electron chi connectivity index (χ3n) is 8.71. The number of hydrogen-bond donors (Lipinski definition) is 8. The molecule has 0 saturated carbocycles. The van der Waals surface area contributed by atoms with E-state index in [1.807, 2.05) is 0 Å². The molecule has 0 bridgehead atoms. The van der Waals surface area contributed by atoms with Crippen molar-refractivity contribution in [2.75, 3.05) is 47.4 Å². The van der Waals surface area contributed by atoms with Gasteiger partial charge in [0.05, 0.1) is 21.0 Å². The van der Waals surface area contributed by atoms with E-state index >= 15 is 0 Å². The van der Waals surface area contributed by atoms with E-state index in [1.54, 1.807) is 50.2 Å². The van der Waals surface area contributed by atoms with Crippen molar-refractivity contribution in [3.8, 4) is 0 Å². The molecule has 0 heterocycles. The SMILES string of the molecule is C[C@H](NC(=S)Nc1ccc([N+](=O)[O-])cc1)C(=O)NCCNc1ccc(NCCNC(=O)[C@H](C)NC(=S)Nc2ccc([N+](=O)[O-])cc2)c2c1C(=O)c1ccccc1C2=O. The van der Waals surface area contributed by atoms with Gasteiger partial charge < -0.3 is 42.5 Å². The summed E-state index contributed by atoms with van der Waals surface area (Å²) in [5.41, 5.74) is 2.54. The minimum Gasteiger partial charge on any atom is -0.383 e. The molecule has 1 aliphatic carbocycles. The van der Waals surface area contributed by atoms with Crippen molar-refractivity contribution in [2.45, 2.75) is 25.9 Å². The maximum absolute atomic E-state index is 13.8. The minimum atomic E-state index is -0.736. The molecule has 0 saturated heterocycles. The predicted octanol–water partition coefficient (Wildman–Crippen LogP) is 4.08. The lowest BCUT2D eigenvalue weighted by Gasteiger charge is -2.24. The lowest BCUT2D eigenvalue weighted by atomic mass is 9.82. The summed E-state index contributed by atoms with van der Waals surface area (Å²) in [6.07, 6.45) is 0. The Hall–Kier alpha value is -7.06. The first-order valence-corrected chi connectivity index (χ1v) is 18.6. The second kappa shape index (κ2) is 19.2. The summed E-state index contributed by atoms with van der Waals surface area (Å²) in [5, 5.41) is 45.4. The molecule has 0 aliphatic heterocycles. The van der Waals surface area contributed by atoms with Crippen molar-refractivity contribution in [3.63, 3.8) is 0 Å². The number of nitrogens with one attached hydrogen (secondary N) is 8. The first kappa shape index (κ1) is 42.1. The molecule has 1 aliphatic rings. The summed E-state index contributed by atoms with van der Waals surface area (Å²) in [5.74, 6) is -1.43. The van der Waals surface area contributed by atoms with Gasteiger partial charge in [0.25, 0.3) is 11.4 Å². The molecule has 0 spiro atoms. The van der Waals surface area contributed by atoms with Crippen molar-refractivity contribution < 1.29 is 29.0 Å². The lowest BCUT2D eigenvalue weighted by Crippen LogP contribution is -2.47. The van der Waals surface area contributed by atoms with E-state index in [4.69, 9.17) is 24.4 Å². The van der Waals surface area contributed by atoms with Crippen LogP contribution < -0.4 is 42.5 Å². The number of thiocarbonyl (C=S) groups is 2. The number of benzene rings is 4. The molecular weight excluding hydrogens is 789 g/mol. The van der Waals surface area contributed by atoms with E-state index in [0.29, 0.717) is 22.7 Å². The van der Waals surface area contributed by atoms with Crippen molar-refractivity contribution >= 4 is 92.2 Å². The van der Waals surface area contributed by atoms with Gasteiger partial charge in [-0.25, -0.2) is 0 Å². The molecule has 0 unspecified atom stereocenters. The van der Waals surface area contributed by atoms with Crippen LogP contribution >= 0.6 is 24.4 Å². The molecule has 300 valence electrons. The van der Waals surface area contributed by atoms with Gasteiger partial charge in [0.15, 0.2) is 21.8 Å². The van der Waals surface area contributed by atoms with E-state index in [1.165, 1.54) is 48.5 Å². The van der Waals surface area contributed by atoms with Crippen LogP contribution in [0.1, 0.15) is 45.7 Å². The minimum absolute atomic E-state index is 0.0698. The van der Waals surface area contributed by atoms with Crippen molar-refractivity contribution in [2.24, 2.45) is 0 Å². The first-order valence-electron chi connectivity index (χ1n) is 17.8.